The lowest BCUT2D eigenvalue weighted by Crippen LogP contribution is -2.19. The molecule has 0 spiro atoms. The Bertz CT molecular complexity index is 1110. The van der Waals surface area contributed by atoms with Gasteiger partial charge in [-0.15, -0.1) is 11.3 Å². The molecule has 3 rings (SSSR count). The van der Waals surface area contributed by atoms with Crippen LogP contribution in [0.25, 0.3) is 10.2 Å². The first kappa shape index (κ1) is 20.3. The molecule has 6 nitrogen and oxygen atoms in total. The van der Waals surface area contributed by atoms with Crippen LogP contribution < -0.4 is 10.6 Å². The molecule has 0 radical (unpaired) electrons. The molecule has 0 atom stereocenters. The van der Waals surface area contributed by atoms with Gasteiger partial charge in [-0.2, -0.15) is 0 Å². The first-order valence-electron chi connectivity index (χ1n) is 8.92. The fraction of sp³-hybridized carbons (Fsp3) is 0.300. The van der Waals surface area contributed by atoms with Gasteiger partial charge in [-0.05, 0) is 61.2 Å². The van der Waals surface area contributed by atoms with Crippen molar-refractivity contribution in [2.45, 2.75) is 32.0 Å². The van der Waals surface area contributed by atoms with E-state index < -0.39 is 9.84 Å². The predicted molar refractivity (Wildman–Crippen MR) is 115 cm³/mol. The zero-order chi connectivity index (χ0) is 20.5. The summed E-state index contributed by atoms with van der Waals surface area (Å²) in [7, 11) is -3.40. The molecular weight excluding hydrogens is 394 g/mol. The summed E-state index contributed by atoms with van der Waals surface area (Å²) in [5, 5.41) is 5.59. The average Bonchev–Trinajstić information content (AvgIpc) is 2.96. The third kappa shape index (κ3) is 4.88. The SMILES string of the molecule is Cc1cc(C)cc(NC(=O)Nc2ccc3nc(S(=O)(=O)CC(C)C)sc3c2)c1. The van der Waals surface area contributed by atoms with E-state index in [1.165, 1.54) is 0 Å². The molecule has 0 aliphatic carbocycles. The van der Waals surface area contributed by atoms with E-state index in [1.807, 2.05) is 45.9 Å². The molecule has 2 aromatic carbocycles. The number of thiazole rings is 1. The highest BCUT2D eigenvalue weighted by Gasteiger charge is 2.21. The minimum atomic E-state index is -3.40. The van der Waals surface area contributed by atoms with Crippen molar-refractivity contribution in [3.8, 4) is 0 Å². The number of sulfone groups is 1. The number of aromatic nitrogens is 1. The molecule has 28 heavy (non-hydrogen) atoms. The van der Waals surface area contributed by atoms with Crippen molar-refractivity contribution in [2.24, 2.45) is 5.92 Å². The fourth-order valence-corrected chi connectivity index (χ4v) is 5.94. The molecule has 0 aliphatic rings. The van der Waals surface area contributed by atoms with E-state index in [9.17, 15) is 13.2 Å². The van der Waals surface area contributed by atoms with Crippen molar-refractivity contribution in [3.63, 3.8) is 0 Å². The van der Waals surface area contributed by atoms with Crippen LogP contribution in [0.4, 0.5) is 16.2 Å². The van der Waals surface area contributed by atoms with Gasteiger partial charge < -0.3 is 10.6 Å². The minimum Gasteiger partial charge on any atom is -0.308 e. The lowest BCUT2D eigenvalue weighted by atomic mass is 10.1. The second kappa shape index (κ2) is 7.89. The maximum atomic E-state index is 12.4. The van der Waals surface area contributed by atoms with Crippen LogP contribution in [0, 0.1) is 19.8 Å². The molecule has 148 valence electrons. The summed E-state index contributed by atoms with van der Waals surface area (Å²) in [6.07, 6.45) is 0. The van der Waals surface area contributed by atoms with Crippen molar-refractivity contribution < 1.29 is 13.2 Å². The van der Waals surface area contributed by atoms with Crippen molar-refractivity contribution in [2.75, 3.05) is 16.4 Å². The normalized spacial score (nSPS) is 11.8. The van der Waals surface area contributed by atoms with E-state index >= 15 is 0 Å². The lowest BCUT2D eigenvalue weighted by molar-refractivity contribution is 0.262. The van der Waals surface area contributed by atoms with Crippen LogP contribution in [0.5, 0.6) is 0 Å². The number of hydrogen-bond acceptors (Lipinski definition) is 5. The summed E-state index contributed by atoms with van der Waals surface area (Å²) in [5.74, 6) is 0.0965. The molecule has 0 bridgehead atoms. The summed E-state index contributed by atoms with van der Waals surface area (Å²) in [6, 6.07) is 10.6. The van der Waals surface area contributed by atoms with Crippen molar-refractivity contribution in [1.29, 1.82) is 0 Å². The van der Waals surface area contributed by atoms with Gasteiger partial charge in [0.1, 0.15) is 0 Å². The van der Waals surface area contributed by atoms with E-state index in [1.54, 1.807) is 18.2 Å². The molecule has 1 aromatic heterocycles. The Hall–Kier alpha value is -2.45. The molecular formula is C20H23N3O3S2. The number of fused-ring (bicyclic) bond motifs is 1. The number of carbonyl (C=O) groups is 1. The number of aryl methyl sites for hydroxylation is 2. The largest absolute Gasteiger partial charge is 0.323 e. The number of carbonyl (C=O) groups excluding carboxylic acids is 1. The quantitative estimate of drug-likeness (QED) is 0.612. The Kier molecular flexibility index (Phi) is 5.71. The van der Waals surface area contributed by atoms with Gasteiger partial charge >= 0.3 is 6.03 Å². The van der Waals surface area contributed by atoms with Gasteiger partial charge in [-0.1, -0.05) is 19.9 Å². The minimum absolute atomic E-state index is 0.0307. The topological polar surface area (TPSA) is 88.2 Å². The number of anilines is 2. The fourth-order valence-electron chi connectivity index (χ4n) is 2.96. The van der Waals surface area contributed by atoms with Gasteiger partial charge in [0.15, 0.2) is 0 Å². The summed E-state index contributed by atoms with van der Waals surface area (Å²) in [5.41, 5.74) is 4.03. The van der Waals surface area contributed by atoms with Crippen LogP contribution in [0.1, 0.15) is 25.0 Å². The Morgan fingerprint density at radius 3 is 2.32 bits per heavy atom. The maximum absolute atomic E-state index is 12.4. The summed E-state index contributed by atoms with van der Waals surface area (Å²) < 4.78 is 25.6. The summed E-state index contributed by atoms with van der Waals surface area (Å²) in [6.45, 7) is 7.67. The standard InChI is InChI=1S/C20H23N3O3S2/c1-12(2)11-28(25,26)20-23-17-6-5-15(10-18(17)27-20)21-19(24)22-16-8-13(3)7-14(4)9-16/h5-10,12H,11H2,1-4H3,(H2,21,22,24). The van der Waals surface area contributed by atoms with E-state index in [2.05, 4.69) is 15.6 Å². The highest BCUT2D eigenvalue weighted by Crippen LogP contribution is 2.29. The summed E-state index contributed by atoms with van der Waals surface area (Å²) >= 11 is 1.12. The van der Waals surface area contributed by atoms with Gasteiger partial charge in [-0.25, -0.2) is 18.2 Å². The second-order valence-electron chi connectivity index (χ2n) is 7.29. The predicted octanol–water partition coefficient (Wildman–Crippen LogP) is 4.99. The number of amides is 2. The zero-order valence-electron chi connectivity index (χ0n) is 16.2. The molecule has 2 N–H and O–H groups in total. The maximum Gasteiger partial charge on any atom is 0.323 e. The number of hydrogen-bond donors (Lipinski definition) is 2. The molecule has 0 saturated heterocycles. The van der Waals surface area contributed by atoms with Crippen LogP contribution in [-0.2, 0) is 9.84 Å². The zero-order valence-corrected chi connectivity index (χ0v) is 17.9. The van der Waals surface area contributed by atoms with Crippen LogP contribution in [0.15, 0.2) is 40.7 Å². The van der Waals surface area contributed by atoms with Gasteiger partial charge in [0.2, 0.25) is 14.2 Å². The molecule has 0 unspecified atom stereocenters. The highest BCUT2D eigenvalue weighted by atomic mass is 32.2. The van der Waals surface area contributed by atoms with Gasteiger partial charge in [0.25, 0.3) is 0 Å². The third-order valence-corrected chi connectivity index (χ3v) is 7.48. The Balaban J connectivity index is 1.77. The first-order chi connectivity index (χ1) is 13.1. The molecule has 2 amide bonds. The van der Waals surface area contributed by atoms with Crippen molar-refractivity contribution in [3.05, 3.63) is 47.5 Å². The van der Waals surface area contributed by atoms with Gasteiger partial charge in [0.05, 0.1) is 16.0 Å². The van der Waals surface area contributed by atoms with Gasteiger partial charge in [0, 0.05) is 11.4 Å². The molecule has 0 saturated carbocycles. The van der Waals surface area contributed by atoms with Crippen LogP contribution >= 0.6 is 11.3 Å². The number of urea groups is 1. The highest BCUT2D eigenvalue weighted by molar-refractivity contribution is 7.93. The van der Waals surface area contributed by atoms with E-state index in [0.717, 1.165) is 28.2 Å². The number of nitrogens with zero attached hydrogens (tertiary/aromatic N) is 1. The number of nitrogens with one attached hydrogen (secondary N) is 2. The molecule has 1 heterocycles. The second-order valence-corrected chi connectivity index (χ2v) is 10.5. The van der Waals surface area contributed by atoms with E-state index in [4.69, 9.17) is 0 Å². The molecule has 3 aromatic rings. The average molecular weight is 418 g/mol. The third-order valence-electron chi connectivity index (χ3n) is 3.93. The van der Waals surface area contributed by atoms with E-state index in [0.29, 0.717) is 15.9 Å². The van der Waals surface area contributed by atoms with Crippen LogP contribution in [-0.4, -0.2) is 25.2 Å². The van der Waals surface area contributed by atoms with Gasteiger partial charge in [-0.3, -0.25) is 0 Å². The first-order valence-corrected chi connectivity index (χ1v) is 11.4. The Labute approximate surface area is 168 Å². The van der Waals surface area contributed by atoms with Crippen molar-refractivity contribution in [1.82, 2.24) is 4.98 Å². The van der Waals surface area contributed by atoms with Crippen LogP contribution in [0.3, 0.4) is 0 Å². The molecule has 0 aliphatic heterocycles. The van der Waals surface area contributed by atoms with E-state index in [-0.39, 0.29) is 22.0 Å². The summed E-state index contributed by atoms with van der Waals surface area (Å²) in [4.78, 5) is 16.5. The lowest BCUT2D eigenvalue weighted by Gasteiger charge is -2.09. The Morgan fingerprint density at radius 1 is 1.04 bits per heavy atom. The molecule has 0 fully saturated rings. The monoisotopic (exact) mass is 417 g/mol. The number of rotatable bonds is 5. The molecule has 8 heteroatoms. The van der Waals surface area contributed by atoms with Crippen LogP contribution in [0.2, 0.25) is 0 Å². The van der Waals surface area contributed by atoms with Crippen molar-refractivity contribution >= 4 is 48.8 Å². The number of benzene rings is 2. The Morgan fingerprint density at radius 2 is 1.68 bits per heavy atom. The smallest absolute Gasteiger partial charge is 0.308 e.